The van der Waals surface area contributed by atoms with Gasteiger partial charge in [-0.25, -0.2) is 9.97 Å². The van der Waals surface area contributed by atoms with Crippen LogP contribution in [0.4, 0.5) is 0 Å². The number of hydrogen-bond donors (Lipinski definition) is 1. The molecule has 0 atom stereocenters. The number of nitrogens with one attached hydrogen (secondary N) is 1. The molecule has 2 heterocycles. The zero-order valence-corrected chi connectivity index (χ0v) is 13.5. The van der Waals surface area contributed by atoms with E-state index in [-0.39, 0.29) is 5.54 Å². The van der Waals surface area contributed by atoms with Gasteiger partial charge in [-0.15, -0.1) is 0 Å². The minimum absolute atomic E-state index is 0.100. The van der Waals surface area contributed by atoms with Crippen LogP contribution in [0.25, 0.3) is 0 Å². The minimum Gasteiger partial charge on any atom is -0.314 e. The molecule has 1 N–H and O–H groups in total. The van der Waals surface area contributed by atoms with Gasteiger partial charge >= 0.3 is 0 Å². The molecule has 1 aliphatic heterocycles. The smallest absolute Gasteiger partial charge is 0.148 e. The lowest BCUT2D eigenvalue weighted by Gasteiger charge is -2.40. The maximum absolute atomic E-state index is 4.85. The van der Waals surface area contributed by atoms with Crippen molar-refractivity contribution in [1.29, 1.82) is 0 Å². The zero-order valence-electron chi connectivity index (χ0n) is 13.5. The fourth-order valence-electron chi connectivity index (χ4n) is 2.63. The third-order valence-corrected chi connectivity index (χ3v) is 4.21. The Morgan fingerprint density at radius 3 is 2.45 bits per heavy atom. The Morgan fingerprint density at radius 1 is 1.25 bits per heavy atom. The molecule has 1 aliphatic rings. The van der Waals surface area contributed by atoms with Crippen LogP contribution >= 0.6 is 0 Å². The summed E-state index contributed by atoms with van der Waals surface area (Å²) in [7, 11) is 0. The molecule has 1 saturated heterocycles. The number of aromatic nitrogens is 2. The summed E-state index contributed by atoms with van der Waals surface area (Å²) in [5.74, 6) is 1.42. The molecule has 20 heavy (non-hydrogen) atoms. The van der Waals surface area contributed by atoms with Gasteiger partial charge in [0.05, 0.1) is 5.54 Å². The van der Waals surface area contributed by atoms with E-state index in [0.29, 0.717) is 5.92 Å². The molecule has 4 heteroatoms. The van der Waals surface area contributed by atoms with Crippen LogP contribution in [-0.2, 0) is 12.0 Å². The summed E-state index contributed by atoms with van der Waals surface area (Å²) in [6.07, 6.45) is 0.965. The molecular formula is C16H28N4. The van der Waals surface area contributed by atoms with Crippen molar-refractivity contribution in [3.05, 3.63) is 23.3 Å². The van der Waals surface area contributed by atoms with E-state index in [1.807, 2.05) is 0 Å². The van der Waals surface area contributed by atoms with Gasteiger partial charge in [0.25, 0.3) is 0 Å². The Bertz CT molecular complexity index is 448. The lowest BCUT2D eigenvalue weighted by Crippen LogP contribution is -2.52. The summed E-state index contributed by atoms with van der Waals surface area (Å²) in [4.78, 5) is 12.2. The third-order valence-electron chi connectivity index (χ3n) is 4.21. The average Bonchev–Trinajstić information content (AvgIpc) is 2.47. The summed E-state index contributed by atoms with van der Waals surface area (Å²) in [5.41, 5.74) is 2.22. The second-order valence-corrected chi connectivity index (χ2v) is 6.41. The number of hydrogen-bond acceptors (Lipinski definition) is 4. The van der Waals surface area contributed by atoms with E-state index in [2.05, 4.69) is 50.9 Å². The predicted molar refractivity (Wildman–Crippen MR) is 83.0 cm³/mol. The van der Waals surface area contributed by atoms with Crippen molar-refractivity contribution in [3.8, 4) is 0 Å². The maximum atomic E-state index is 4.85. The molecule has 2 rings (SSSR count). The van der Waals surface area contributed by atoms with Gasteiger partial charge in [-0.2, -0.15) is 0 Å². The number of nitrogens with zero attached hydrogens (tertiary/aromatic N) is 3. The van der Waals surface area contributed by atoms with Gasteiger partial charge in [0, 0.05) is 37.6 Å². The van der Waals surface area contributed by atoms with Crippen LogP contribution < -0.4 is 5.32 Å². The van der Waals surface area contributed by atoms with E-state index in [1.165, 1.54) is 0 Å². The Kier molecular flexibility index (Phi) is 4.76. The molecule has 112 valence electrons. The highest BCUT2D eigenvalue weighted by Crippen LogP contribution is 2.27. The van der Waals surface area contributed by atoms with Crippen LogP contribution in [0.1, 0.15) is 57.7 Å². The molecule has 0 saturated carbocycles. The Balaban J connectivity index is 2.36. The quantitative estimate of drug-likeness (QED) is 0.916. The fourth-order valence-corrected chi connectivity index (χ4v) is 2.63. The molecule has 1 aromatic rings. The average molecular weight is 276 g/mol. The van der Waals surface area contributed by atoms with Gasteiger partial charge in [-0.05, 0) is 32.3 Å². The topological polar surface area (TPSA) is 41.1 Å². The molecule has 0 radical (unpaired) electrons. The van der Waals surface area contributed by atoms with Crippen molar-refractivity contribution in [2.75, 3.05) is 26.2 Å². The Hall–Kier alpha value is -1.00. The van der Waals surface area contributed by atoms with Crippen molar-refractivity contribution in [1.82, 2.24) is 20.2 Å². The Morgan fingerprint density at radius 2 is 1.90 bits per heavy atom. The minimum atomic E-state index is -0.100. The first-order valence-corrected chi connectivity index (χ1v) is 7.79. The summed E-state index contributed by atoms with van der Waals surface area (Å²) < 4.78 is 0. The second-order valence-electron chi connectivity index (χ2n) is 6.41. The van der Waals surface area contributed by atoms with Crippen LogP contribution in [-0.4, -0.2) is 41.0 Å². The molecule has 0 bridgehead atoms. The van der Waals surface area contributed by atoms with Gasteiger partial charge in [0.15, 0.2) is 0 Å². The maximum Gasteiger partial charge on any atom is 0.148 e. The molecule has 0 amide bonds. The molecule has 0 unspecified atom stereocenters. The standard InChI is InChI=1S/C16H28N4/c1-6-13-11-14(12(2)3)19-15(18-13)16(4,5)20-9-7-17-8-10-20/h11-12,17H,6-10H2,1-5H3. The summed E-state index contributed by atoms with van der Waals surface area (Å²) in [5, 5.41) is 3.41. The number of rotatable bonds is 4. The van der Waals surface area contributed by atoms with Crippen LogP contribution in [0.2, 0.25) is 0 Å². The molecule has 0 aliphatic carbocycles. The Labute approximate surface area is 123 Å². The van der Waals surface area contributed by atoms with Crippen LogP contribution in [0.15, 0.2) is 6.07 Å². The van der Waals surface area contributed by atoms with Crippen molar-refractivity contribution in [2.24, 2.45) is 0 Å². The van der Waals surface area contributed by atoms with Crippen molar-refractivity contribution < 1.29 is 0 Å². The molecule has 1 fully saturated rings. The molecule has 1 aromatic heterocycles. The first-order valence-electron chi connectivity index (χ1n) is 7.79. The van der Waals surface area contributed by atoms with Crippen molar-refractivity contribution >= 4 is 0 Å². The van der Waals surface area contributed by atoms with Crippen molar-refractivity contribution in [3.63, 3.8) is 0 Å². The van der Waals surface area contributed by atoms with E-state index in [4.69, 9.17) is 9.97 Å². The van der Waals surface area contributed by atoms with Gasteiger partial charge in [0.1, 0.15) is 5.82 Å². The first kappa shape index (κ1) is 15.4. The van der Waals surface area contributed by atoms with Gasteiger partial charge in [0.2, 0.25) is 0 Å². The SMILES string of the molecule is CCc1cc(C(C)C)nc(C(C)(C)N2CCNCC2)n1. The first-order chi connectivity index (χ1) is 9.45. The second kappa shape index (κ2) is 6.19. The molecular weight excluding hydrogens is 248 g/mol. The molecule has 0 aromatic carbocycles. The van der Waals surface area contributed by atoms with Gasteiger partial charge in [-0.1, -0.05) is 20.8 Å². The lowest BCUT2D eigenvalue weighted by molar-refractivity contribution is 0.0943. The summed E-state index contributed by atoms with van der Waals surface area (Å²) in [6, 6.07) is 2.15. The molecule has 4 nitrogen and oxygen atoms in total. The van der Waals surface area contributed by atoms with Crippen LogP contribution in [0, 0.1) is 0 Å². The third kappa shape index (κ3) is 3.18. The highest BCUT2D eigenvalue weighted by Gasteiger charge is 2.33. The highest BCUT2D eigenvalue weighted by atomic mass is 15.3. The van der Waals surface area contributed by atoms with E-state index in [1.54, 1.807) is 0 Å². The van der Waals surface area contributed by atoms with Crippen LogP contribution in [0.5, 0.6) is 0 Å². The monoisotopic (exact) mass is 276 g/mol. The van der Waals surface area contributed by atoms with Crippen molar-refractivity contribution in [2.45, 2.75) is 52.5 Å². The van der Waals surface area contributed by atoms with E-state index in [9.17, 15) is 0 Å². The fraction of sp³-hybridized carbons (Fsp3) is 0.750. The van der Waals surface area contributed by atoms with Gasteiger partial charge < -0.3 is 5.32 Å². The van der Waals surface area contributed by atoms with E-state index in [0.717, 1.165) is 49.8 Å². The lowest BCUT2D eigenvalue weighted by atomic mass is 9.99. The van der Waals surface area contributed by atoms with Gasteiger partial charge in [-0.3, -0.25) is 4.90 Å². The van der Waals surface area contributed by atoms with E-state index < -0.39 is 0 Å². The van der Waals surface area contributed by atoms with E-state index >= 15 is 0 Å². The molecule has 0 spiro atoms. The normalized spacial score (nSPS) is 17.7. The number of aryl methyl sites for hydroxylation is 1. The zero-order chi connectivity index (χ0) is 14.8. The summed E-state index contributed by atoms with van der Waals surface area (Å²) >= 11 is 0. The number of piperazine rings is 1. The highest BCUT2D eigenvalue weighted by molar-refractivity contribution is 5.18. The largest absolute Gasteiger partial charge is 0.314 e. The van der Waals surface area contributed by atoms with Crippen LogP contribution in [0.3, 0.4) is 0 Å². The predicted octanol–water partition coefficient (Wildman–Crippen LogP) is 2.30. The summed E-state index contributed by atoms with van der Waals surface area (Å²) in [6.45, 7) is 15.3.